The first-order valence-corrected chi connectivity index (χ1v) is 11.5. The van der Waals surface area contributed by atoms with E-state index in [9.17, 15) is 9.90 Å². The zero-order valence-corrected chi connectivity index (χ0v) is 19.1. The molecule has 0 saturated carbocycles. The number of anilines is 1. The predicted octanol–water partition coefficient (Wildman–Crippen LogP) is 2.59. The fraction of sp³-hybridized carbons (Fsp3) is 0.478. The second kappa shape index (κ2) is 12.0. The standard InChI is InChI=1S/C23H33N7O3/c1-2-3-14-33-22-28-19(25)18-20(29-22)30(23(32)27-18)15-16-8-10-17(11-9-16)21(31)26-13-7-5-4-6-12-24/h8-11H,2-7,12-15,24H2,1H3,(H,26,31)(H,27,32)(H2,25,28,29). The third kappa shape index (κ3) is 6.55. The van der Waals surface area contributed by atoms with Crippen molar-refractivity contribution in [1.82, 2.24) is 24.8 Å². The first kappa shape index (κ1) is 24.2. The van der Waals surface area contributed by atoms with Gasteiger partial charge in [-0.25, -0.2) is 0 Å². The zero-order valence-electron chi connectivity index (χ0n) is 19.1. The number of aromatic nitrogens is 4. The molecule has 0 fully saturated rings. The number of amides is 1. The lowest BCUT2D eigenvalue weighted by Gasteiger charge is -2.09. The van der Waals surface area contributed by atoms with E-state index in [1.165, 1.54) is 4.57 Å². The average Bonchev–Trinajstić information content (AvgIpc) is 3.12. The van der Waals surface area contributed by atoms with E-state index in [4.69, 9.17) is 16.2 Å². The Balaban J connectivity index is 1.66. The molecule has 33 heavy (non-hydrogen) atoms. The number of imidazole rings is 1. The Hall–Kier alpha value is -3.40. The van der Waals surface area contributed by atoms with E-state index in [0.29, 0.717) is 43.0 Å². The van der Waals surface area contributed by atoms with Gasteiger partial charge in [-0.05, 0) is 43.5 Å². The summed E-state index contributed by atoms with van der Waals surface area (Å²) in [6.45, 7) is 4.20. The molecule has 0 atom stereocenters. The lowest BCUT2D eigenvalue weighted by Crippen LogP contribution is -2.24. The molecule has 0 saturated heterocycles. The van der Waals surface area contributed by atoms with E-state index >= 15 is 0 Å². The summed E-state index contributed by atoms with van der Waals surface area (Å²) in [5.41, 5.74) is 13.6. The van der Waals surface area contributed by atoms with Crippen LogP contribution in [0.5, 0.6) is 12.0 Å². The lowest BCUT2D eigenvalue weighted by atomic mass is 10.1. The Morgan fingerprint density at radius 3 is 2.58 bits per heavy atom. The molecule has 10 heteroatoms. The number of nitrogens with two attached hydrogens (primary N) is 2. The van der Waals surface area contributed by atoms with E-state index in [-0.39, 0.29) is 23.7 Å². The zero-order chi connectivity index (χ0) is 23.6. The van der Waals surface area contributed by atoms with Gasteiger partial charge in [-0.2, -0.15) is 15.0 Å². The van der Waals surface area contributed by atoms with Gasteiger partial charge < -0.3 is 26.6 Å². The summed E-state index contributed by atoms with van der Waals surface area (Å²) in [6.07, 6.45) is 5.95. The van der Waals surface area contributed by atoms with Crippen molar-refractivity contribution in [1.29, 1.82) is 0 Å². The van der Waals surface area contributed by atoms with Gasteiger partial charge in [-0.1, -0.05) is 38.3 Å². The molecular weight excluding hydrogens is 422 g/mol. The summed E-state index contributed by atoms with van der Waals surface area (Å²) < 4.78 is 7.11. The lowest BCUT2D eigenvalue weighted by molar-refractivity contribution is 0.0953. The summed E-state index contributed by atoms with van der Waals surface area (Å²) >= 11 is 0. The van der Waals surface area contributed by atoms with Gasteiger partial charge in [0.15, 0.2) is 17.0 Å². The summed E-state index contributed by atoms with van der Waals surface area (Å²) in [7, 11) is 0. The largest absolute Gasteiger partial charge is 0.480 e. The Kier molecular flexibility index (Phi) is 8.82. The second-order valence-electron chi connectivity index (χ2n) is 7.92. The second-order valence-corrected chi connectivity index (χ2v) is 7.92. The normalized spacial score (nSPS) is 11.1. The van der Waals surface area contributed by atoms with E-state index in [1.54, 1.807) is 12.1 Å². The van der Waals surface area contributed by atoms with Crippen molar-refractivity contribution in [2.24, 2.45) is 5.73 Å². The fourth-order valence-corrected chi connectivity index (χ4v) is 3.38. The number of nitrogen functional groups attached to an aromatic ring is 1. The highest BCUT2D eigenvalue weighted by atomic mass is 16.5. The summed E-state index contributed by atoms with van der Waals surface area (Å²) in [6, 6.07) is 7.14. The highest BCUT2D eigenvalue weighted by Crippen LogP contribution is 2.25. The van der Waals surface area contributed by atoms with Crippen molar-refractivity contribution in [2.75, 3.05) is 25.4 Å². The van der Waals surface area contributed by atoms with Gasteiger partial charge in [0.1, 0.15) is 0 Å². The van der Waals surface area contributed by atoms with Crippen molar-refractivity contribution in [2.45, 2.75) is 52.0 Å². The summed E-state index contributed by atoms with van der Waals surface area (Å²) in [5, 5.41) is 13.3. The summed E-state index contributed by atoms with van der Waals surface area (Å²) in [5.74, 6) is 0.0429. The minimum Gasteiger partial charge on any atom is -0.480 e. The maximum absolute atomic E-state index is 12.3. The van der Waals surface area contributed by atoms with Gasteiger partial charge in [-0.15, -0.1) is 0 Å². The van der Waals surface area contributed by atoms with E-state index in [1.807, 2.05) is 12.1 Å². The molecule has 3 aromatic rings. The number of aromatic hydroxyl groups is 1. The molecule has 0 aliphatic heterocycles. The predicted molar refractivity (Wildman–Crippen MR) is 127 cm³/mol. The minimum atomic E-state index is -0.215. The molecular formula is C23H33N7O3. The molecule has 0 aliphatic rings. The van der Waals surface area contributed by atoms with Crippen molar-refractivity contribution < 1.29 is 14.6 Å². The number of fused-ring (bicyclic) bond motifs is 1. The molecule has 0 unspecified atom stereocenters. The van der Waals surface area contributed by atoms with Crippen LogP contribution in [0, 0.1) is 0 Å². The van der Waals surface area contributed by atoms with Gasteiger partial charge in [0.25, 0.3) is 11.9 Å². The van der Waals surface area contributed by atoms with Crippen LogP contribution in [-0.4, -0.2) is 50.2 Å². The van der Waals surface area contributed by atoms with Crippen molar-refractivity contribution in [3.05, 3.63) is 35.4 Å². The number of hydrogen-bond acceptors (Lipinski definition) is 8. The van der Waals surface area contributed by atoms with E-state index < -0.39 is 0 Å². The van der Waals surface area contributed by atoms with Crippen LogP contribution in [0.2, 0.25) is 0 Å². The first-order valence-electron chi connectivity index (χ1n) is 11.5. The van der Waals surface area contributed by atoms with Crippen LogP contribution in [0.15, 0.2) is 24.3 Å². The molecule has 2 aromatic heterocycles. The molecule has 0 spiro atoms. The summed E-state index contributed by atoms with van der Waals surface area (Å²) in [4.78, 5) is 24.9. The molecule has 1 amide bonds. The van der Waals surface area contributed by atoms with Crippen LogP contribution in [0.1, 0.15) is 61.4 Å². The Labute approximate surface area is 193 Å². The monoisotopic (exact) mass is 455 g/mol. The van der Waals surface area contributed by atoms with Gasteiger partial charge in [0, 0.05) is 12.1 Å². The number of unbranched alkanes of at least 4 members (excludes halogenated alkanes) is 4. The average molecular weight is 456 g/mol. The molecule has 3 rings (SSSR count). The minimum absolute atomic E-state index is 0.106. The highest BCUT2D eigenvalue weighted by Gasteiger charge is 2.17. The molecule has 0 bridgehead atoms. The quantitative estimate of drug-likeness (QED) is 0.287. The maximum Gasteiger partial charge on any atom is 0.320 e. The Morgan fingerprint density at radius 2 is 1.85 bits per heavy atom. The van der Waals surface area contributed by atoms with Gasteiger partial charge in [0.05, 0.1) is 13.2 Å². The molecule has 2 heterocycles. The van der Waals surface area contributed by atoms with Crippen molar-refractivity contribution in [3.8, 4) is 12.0 Å². The number of benzene rings is 1. The molecule has 1 aromatic carbocycles. The first-order chi connectivity index (χ1) is 16.0. The van der Waals surface area contributed by atoms with Crippen molar-refractivity contribution >= 4 is 22.9 Å². The van der Waals surface area contributed by atoms with Crippen molar-refractivity contribution in [3.63, 3.8) is 0 Å². The fourth-order valence-electron chi connectivity index (χ4n) is 3.38. The Morgan fingerprint density at radius 1 is 1.09 bits per heavy atom. The number of carbonyl (C=O) groups is 1. The van der Waals surface area contributed by atoms with Crippen LogP contribution in [0.3, 0.4) is 0 Å². The molecule has 6 N–H and O–H groups in total. The van der Waals surface area contributed by atoms with Crippen LogP contribution in [0.4, 0.5) is 5.82 Å². The number of rotatable bonds is 13. The molecule has 10 nitrogen and oxygen atoms in total. The molecule has 178 valence electrons. The van der Waals surface area contributed by atoms with Crippen LogP contribution in [0.25, 0.3) is 11.2 Å². The van der Waals surface area contributed by atoms with Crippen LogP contribution < -0.4 is 21.5 Å². The number of ether oxygens (including phenoxy) is 1. The third-order valence-electron chi connectivity index (χ3n) is 5.28. The van der Waals surface area contributed by atoms with Gasteiger partial charge in [0.2, 0.25) is 0 Å². The number of hydrogen-bond donors (Lipinski definition) is 4. The maximum atomic E-state index is 12.3. The van der Waals surface area contributed by atoms with E-state index in [0.717, 1.165) is 44.1 Å². The molecule has 0 aliphatic carbocycles. The molecule has 0 radical (unpaired) electrons. The Bertz CT molecular complexity index is 1050. The third-order valence-corrected chi connectivity index (χ3v) is 5.28. The smallest absolute Gasteiger partial charge is 0.320 e. The highest BCUT2D eigenvalue weighted by molar-refractivity contribution is 5.94. The number of nitrogens with zero attached hydrogens (tertiary/aromatic N) is 4. The number of carbonyl (C=O) groups excluding carboxylic acids is 1. The van der Waals surface area contributed by atoms with Gasteiger partial charge in [-0.3, -0.25) is 9.36 Å². The van der Waals surface area contributed by atoms with Crippen LogP contribution in [-0.2, 0) is 6.54 Å². The van der Waals surface area contributed by atoms with Crippen LogP contribution >= 0.6 is 0 Å². The SMILES string of the molecule is CCCCOc1nc(N)c2nc(O)n(Cc3ccc(C(=O)NCCCCCCN)cc3)c2n1. The van der Waals surface area contributed by atoms with Gasteiger partial charge >= 0.3 is 6.01 Å². The number of nitrogens with one attached hydrogen (secondary N) is 1. The topological polar surface area (TPSA) is 154 Å². The van der Waals surface area contributed by atoms with E-state index in [2.05, 4.69) is 27.2 Å².